The molecule has 0 aliphatic carbocycles. The van der Waals surface area contributed by atoms with Crippen LogP contribution < -0.4 is 10.5 Å². The molecule has 3 nitrogen and oxygen atoms in total. The predicted molar refractivity (Wildman–Crippen MR) is 50.8 cm³/mol. The fourth-order valence-electron chi connectivity index (χ4n) is 1.25. The van der Waals surface area contributed by atoms with E-state index in [1.165, 1.54) is 0 Å². The third-order valence-corrected chi connectivity index (χ3v) is 1.82. The summed E-state index contributed by atoms with van der Waals surface area (Å²) >= 11 is 0. The first-order chi connectivity index (χ1) is 6.42. The van der Waals surface area contributed by atoms with Gasteiger partial charge in [0.2, 0.25) is 0 Å². The summed E-state index contributed by atoms with van der Waals surface area (Å²) < 4.78 is 10.7. The summed E-state index contributed by atoms with van der Waals surface area (Å²) in [5.74, 6) is 0.757. The third kappa shape index (κ3) is 1.51. The second-order valence-electron chi connectivity index (χ2n) is 2.73. The van der Waals surface area contributed by atoms with Crippen molar-refractivity contribution < 1.29 is 9.15 Å². The Morgan fingerprint density at radius 3 is 3.08 bits per heavy atom. The second kappa shape index (κ2) is 3.49. The van der Waals surface area contributed by atoms with Crippen LogP contribution in [0.3, 0.4) is 0 Å². The molecule has 2 aromatic rings. The van der Waals surface area contributed by atoms with E-state index in [2.05, 4.69) is 0 Å². The van der Waals surface area contributed by atoms with Crippen LogP contribution in [0.2, 0.25) is 0 Å². The van der Waals surface area contributed by atoms with Crippen molar-refractivity contribution >= 4 is 11.0 Å². The van der Waals surface area contributed by atoms with E-state index in [1.54, 1.807) is 6.26 Å². The summed E-state index contributed by atoms with van der Waals surface area (Å²) in [6.45, 7) is 1.02. The van der Waals surface area contributed by atoms with Gasteiger partial charge >= 0.3 is 0 Å². The van der Waals surface area contributed by atoms with Gasteiger partial charge in [-0.2, -0.15) is 0 Å². The van der Waals surface area contributed by atoms with Crippen LogP contribution in [0, 0.1) is 0 Å². The van der Waals surface area contributed by atoms with Crippen LogP contribution in [-0.4, -0.2) is 13.2 Å². The van der Waals surface area contributed by atoms with Crippen molar-refractivity contribution in [1.82, 2.24) is 0 Å². The fourth-order valence-corrected chi connectivity index (χ4v) is 1.25. The zero-order valence-corrected chi connectivity index (χ0v) is 7.19. The Balaban J connectivity index is 2.37. The van der Waals surface area contributed by atoms with Gasteiger partial charge in [0.1, 0.15) is 6.61 Å². The van der Waals surface area contributed by atoms with Crippen LogP contribution in [-0.2, 0) is 0 Å². The van der Waals surface area contributed by atoms with Crippen molar-refractivity contribution in [1.29, 1.82) is 0 Å². The number of hydrogen-bond donors (Lipinski definition) is 1. The van der Waals surface area contributed by atoms with E-state index in [4.69, 9.17) is 14.9 Å². The summed E-state index contributed by atoms with van der Waals surface area (Å²) in [7, 11) is 0. The van der Waals surface area contributed by atoms with E-state index < -0.39 is 0 Å². The zero-order valence-electron chi connectivity index (χ0n) is 7.19. The van der Waals surface area contributed by atoms with E-state index in [-0.39, 0.29) is 0 Å². The molecule has 68 valence electrons. The molecule has 2 rings (SSSR count). The van der Waals surface area contributed by atoms with Gasteiger partial charge in [-0.05, 0) is 12.1 Å². The number of ether oxygens (including phenoxy) is 1. The highest BCUT2D eigenvalue weighted by atomic mass is 16.5. The maximum Gasteiger partial charge on any atom is 0.175 e. The summed E-state index contributed by atoms with van der Waals surface area (Å²) in [4.78, 5) is 0. The Hall–Kier alpha value is -1.48. The lowest BCUT2D eigenvalue weighted by atomic mass is 10.2. The van der Waals surface area contributed by atoms with Gasteiger partial charge in [0.25, 0.3) is 0 Å². The van der Waals surface area contributed by atoms with Gasteiger partial charge in [0, 0.05) is 11.9 Å². The lowest BCUT2D eigenvalue weighted by molar-refractivity contribution is 0.327. The van der Waals surface area contributed by atoms with Gasteiger partial charge in [0.05, 0.1) is 6.26 Å². The molecule has 0 aliphatic rings. The molecular formula is C10H11NO2. The van der Waals surface area contributed by atoms with Gasteiger partial charge in [-0.15, -0.1) is 0 Å². The molecule has 0 fully saturated rings. The molecule has 2 N–H and O–H groups in total. The number of furan rings is 1. The summed E-state index contributed by atoms with van der Waals surface area (Å²) in [5.41, 5.74) is 6.13. The van der Waals surface area contributed by atoms with E-state index in [9.17, 15) is 0 Å². The van der Waals surface area contributed by atoms with E-state index in [0.29, 0.717) is 13.2 Å². The van der Waals surface area contributed by atoms with Crippen LogP contribution in [0.4, 0.5) is 0 Å². The van der Waals surface area contributed by atoms with E-state index in [0.717, 1.165) is 16.7 Å². The standard InChI is InChI=1S/C10H11NO2/c11-5-7-12-9-3-1-2-8-4-6-13-10(8)9/h1-4,6H,5,7,11H2. The Morgan fingerprint density at radius 1 is 1.31 bits per heavy atom. The molecule has 0 saturated heterocycles. The first-order valence-electron chi connectivity index (χ1n) is 4.21. The predicted octanol–water partition coefficient (Wildman–Crippen LogP) is 1.77. The molecule has 13 heavy (non-hydrogen) atoms. The largest absolute Gasteiger partial charge is 0.488 e. The minimum Gasteiger partial charge on any atom is -0.488 e. The maximum absolute atomic E-state index is 5.41. The first-order valence-corrected chi connectivity index (χ1v) is 4.21. The summed E-state index contributed by atoms with van der Waals surface area (Å²) in [5, 5.41) is 1.05. The van der Waals surface area contributed by atoms with Crippen molar-refractivity contribution in [3.8, 4) is 5.75 Å². The van der Waals surface area contributed by atoms with Gasteiger partial charge in [-0.25, -0.2) is 0 Å². The van der Waals surface area contributed by atoms with Gasteiger partial charge < -0.3 is 14.9 Å². The maximum atomic E-state index is 5.41. The lowest BCUT2D eigenvalue weighted by Gasteiger charge is -2.03. The minimum atomic E-state index is 0.511. The van der Waals surface area contributed by atoms with Crippen LogP contribution in [0.25, 0.3) is 11.0 Å². The first kappa shape index (κ1) is 8.13. The zero-order chi connectivity index (χ0) is 9.10. The highest BCUT2D eigenvalue weighted by Gasteiger charge is 2.03. The van der Waals surface area contributed by atoms with Crippen LogP contribution in [0.15, 0.2) is 34.9 Å². The Labute approximate surface area is 76.1 Å². The Kier molecular flexibility index (Phi) is 2.19. The van der Waals surface area contributed by atoms with E-state index >= 15 is 0 Å². The fraction of sp³-hybridized carbons (Fsp3) is 0.200. The molecule has 3 heteroatoms. The van der Waals surface area contributed by atoms with Gasteiger partial charge in [-0.1, -0.05) is 12.1 Å². The van der Waals surface area contributed by atoms with Crippen molar-refractivity contribution in [2.75, 3.05) is 13.2 Å². The molecular weight excluding hydrogens is 166 g/mol. The Morgan fingerprint density at radius 2 is 2.23 bits per heavy atom. The van der Waals surface area contributed by atoms with Crippen molar-refractivity contribution in [3.63, 3.8) is 0 Å². The monoisotopic (exact) mass is 177 g/mol. The van der Waals surface area contributed by atoms with Crippen molar-refractivity contribution in [3.05, 3.63) is 30.5 Å². The molecule has 0 atom stereocenters. The summed E-state index contributed by atoms with van der Waals surface area (Å²) in [6, 6.07) is 7.70. The quantitative estimate of drug-likeness (QED) is 0.777. The van der Waals surface area contributed by atoms with Crippen molar-refractivity contribution in [2.45, 2.75) is 0 Å². The molecule has 0 saturated carbocycles. The van der Waals surface area contributed by atoms with Gasteiger partial charge in [-0.3, -0.25) is 0 Å². The summed E-state index contributed by atoms with van der Waals surface area (Å²) in [6.07, 6.45) is 1.65. The topological polar surface area (TPSA) is 48.4 Å². The van der Waals surface area contributed by atoms with E-state index in [1.807, 2.05) is 24.3 Å². The molecule has 1 aromatic carbocycles. The highest BCUT2D eigenvalue weighted by molar-refractivity contribution is 5.82. The van der Waals surface area contributed by atoms with Crippen LogP contribution in [0.1, 0.15) is 0 Å². The number of rotatable bonds is 3. The number of hydrogen-bond acceptors (Lipinski definition) is 3. The molecule has 0 radical (unpaired) electrons. The highest BCUT2D eigenvalue weighted by Crippen LogP contribution is 2.25. The minimum absolute atomic E-state index is 0.511. The normalized spacial score (nSPS) is 10.5. The average Bonchev–Trinajstić information content (AvgIpc) is 2.62. The average molecular weight is 177 g/mol. The number of nitrogens with two attached hydrogens (primary N) is 1. The van der Waals surface area contributed by atoms with Gasteiger partial charge in [0.15, 0.2) is 11.3 Å². The molecule has 0 bridgehead atoms. The smallest absolute Gasteiger partial charge is 0.175 e. The van der Waals surface area contributed by atoms with Crippen LogP contribution in [0.5, 0.6) is 5.75 Å². The Bertz CT molecular complexity index is 394. The molecule has 1 aromatic heterocycles. The number of benzene rings is 1. The number of fused-ring (bicyclic) bond motifs is 1. The van der Waals surface area contributed by atoms with Crippen molar-refractivity contribution in [2.24, 2.45) is 5.73 Å². The molecule has 0 amide bonds. The molecule has 1 heterocycles. The molecule has 0 unspecified atom stereocenters. The van der Waals surface area contributed by atoms with Crippen LogP contribution >= 0.6 is 0 Å². The molecule has 0 aliphatic heterocycles. The lowest BCUT2D eigenvalue weighted by Crippen LogP contribution is -2.10. The number of para-hydroxylation sites is 1. The second-order valence-corrected chi connectivity index (χ2v) is 2.73. The molecule has 0 spiro atoms. The SMILES string of the molecule is NCCOc1cccc2ccoc12. The third-order valence-electron chi connectivity index (χ3n) is 1.82.